The second-order valence-corrected chi connectivity index (χ2v) is 5.64. The van der Waals surface area contributed by atoms with Crippen molar-refractivity contribution in [1.82, 2.24) is 10.6 Å². The van der Waals surface area contributed by atoms with Gasteiger partial charge < -0.3 is 15.4 Å². The number of nitrogens with one attached hydrogen (secondary N) is 2. The van der Waals surface area contributed by atoms with Crippen LogP contribution in [-0.4, -0.2) is 32.7 Å². The number of hydrogen-bond donors (Lipinski definition) is 2. The van der Waals surface area contributed by atoms with Crippen LogP contribution in [-0.2, 0) is 11.2 Å². The van der Waals surface area contributed by atoms with E-state index in [1.807, 2.05) is 7.05 Å². The van der Waals surface area contributed by atoms with E-state index in [4.69, 9.17) is 4.74 Å². The third kappa shape index (κ3) is 2.58. The predicted octanol–water partition coefficient (Wildman–Crippen LogP) is 1.66. The molecule has 0 spiro atoms. The van der Waals surface area contributed by atoms with Crippen LogP contribution in [0.25, 0.3) is 0 Å². The van der Waals surface area contributed by atoms with Gasteiger partial charge in [0, 0.05) is 31.4 Å². The third-order valence-corrected chi connectivity index (χ3v) is 4.47. The third-order valence-electron chi connectivity index (χ3n) is 4.47. The zero-order valence-electron chi connectivity index (χ0n) is 11.9. The molecule has 3 rings (SSSR count). The fourth-order valence-corrected chi connectivity index (χ4v) is 3.35. The predicted molar refractivity (Wildman–Crippen MR) is 77.8 cm³/mol. The Balaban J connectivity index is 1.88. The normalized spacial score (nSPS) is 21.1. The summed E-state index contributed by atoms with van der Waals surface area (Å²) in [6.07, 6.45) is 3.09. The first kappa shape index (κ1) is 13.6. The van der Waals surface area contributed by atoms with Crippen molar-refractivity contribution in [2.75, 3.05) is 26.8 Å². The molecule has 1 amide bonds. The summed E-state index contributed by atoms with van der Waals surface area (Å²) >= 11 is 0. The van der Waals surface area contributed by atoms with Gasteiger partial charge in [0.15, 0.2) is 0 Å². The monoisotopic (exact) mass is 274 g/mol. The Morgan fingerprint density at radius 2 is 2.15 bits per heavy atom. The van der Waals surface area contributed by atoms with E-state index in [1.54, 1.807) is 0 Å². The van der Waals surface area contributed by atoms with Crippen molar-refractivity contribution in [2.45, 2.75) is 25.3 Å². The molecular weight excluding hydrogens is 252 g/mol. The fourth-order valence-electron chi connectivity index (χ4n) is 3.35. The Morgan fingerprint density at radius 1 is 1.35 bits per heavy atom. The molecular formula is C16H22N2O2. The van der Waals surface area contributed by atoms with Gasteiger partial charge in [0.1, 0.15) is 0 Å². The first-order chi connectivity index (χ1) is 9.79. The van der Waals surface area contributed by atoms with E-state index in [0.717, 1.165) is 44.6 Å². The summed E-state index contributed by atoms with van der Waals surface area (Å²) < 4.78 is 5.45. The largest absolute Gasteiger partial charge is 0.381 e. The molecule has 1 unspecified atom stereocenters. The second kappa shape index (κ2) is 5.94. The van der Waals surface area contributed by atoms with Crippen molar-refractivity contribution >= 4 is 5.91 Å². The van der Waals surface area contributed by atoms with Gasteiger partial charge in [0.2, 0.25) is 0 Å². The standard InChI is InChI=1S/C16H22N2O2/c1-17-15(12-5-8-20-9-6-12)13-3-2-11-4-7-18-16(19)14(11)10-13/h2-3,10,12,15,17H,4-9H2,1H3,(H,18,19). The number of amides is 1. The highest BCUT2D eigenvalue weighted by molar-refractivity contribution is 5.96. The van der Waals surface area contributed by atoms with Gasteiger partial charge in [-0.05, 0) is 49.4 Å². The van der Waals surface area contributed by atoms with Crippen LogP contribution in [0.5, 0.6) is 0 Å². The molecule has 2 aliphatic heterocycles. The zero-order chi connectivity index (χ0) is 13.9. The minimum absolute atomic E-state index is 0.0648. The Morgan fingerprint density at radius 3 is 2.90 bits per heavy atom. The maximum atomic E-state index is 12.0. The van der Waals surface area contributed by atoms with Gasteiger partial charge in [0.25, 0.3) is 5.91 Å². The van der Waals surface area contributed by atoms with Gasteiger partial charge in [-0.25, -0.2) is 0 Å². The van der Waals surface area contributed by atoms with Crippen molar-refractivity contribution < 1.29 is 9.53 Å². The quantitative estimate of drug-likeness (QED) is 0.881. The topological polar surface area (TPSA) is 50.4 Å². The summed E-state index contributed by atoms with van der Waals surface area (Å²) in [5.41, 5.74) is 3.23. The van der Waals surface area contributed by atoms with E-state index < -0.39 is 0 Å². The SMILES string of the molecule is CNC(c1ccc2c(c1)C(=O)NCC2)C1CCOCC1. The van der Waals surface area contributed by atoms with Crippen LogP contribution in [0.15, 0.2) is 18.2 Å². The molecule has 4 nitrogen and oxygen atoms in total. The molecule has 2 N–H and O–H groups in total. The molecule has 1 saturated heterocycles. The van der Waals surface area contributed by atoms with Crippen molar-refractivity contribution in [1.29, 1.82) is 0 Å². The maximum absolute atomic E-state index is 12.0. The molecule has 20 heavy (non-hydrogen) atoms. The van der Waals surface area contributed by atoms with Gasteiger partial charge in [0.05, 0.1) is 0 Å². The average Bonchev–Trinajstić information content (AvgIpc) is 2.50. The number of rotatable bonds is 3. The number of hydrogen-bond acceptors (Lipinski definition) is 3. The molecule has 0 aromatic heterocycles. The summed E-state index contributed by atoms with van der Waals surface area (Å²) in [7, 11) is 2.00. The summed E-state index contributed by atoms with van der Waals surface area (Å²) in [5.74, 6) is 0.647. The molecule has 0 radical (unpaired) electrons. The van der Waals surface area contributed by atoms with Gasteiger partial charge in [-0.3, -0.25) is 4.79 Å². The van der Waals surface area contributed by atoms with E-state index in [-0.39, 0.29) is 5.91 Å². The zero-order valence-corrected chi connectivity index (χ0v) is 11.9. The summed E-state index contributed by atoms with van der Waals surface area (Å²) in [6.45, 7) is 2.43. The number of fused-ring (bicyclic) bond motifs is 1. The lowest BCUT2D eigenvalue weighted by molar-refractivity contribution is 0.0546. The Labute approximate surface area is 119 Å². The number of carbonyl (C=O) groups excluding carboxylic acids is 1. The average molecular weight is 274 g/mol. The lowest BCUT2D eigenvalue weighted by Crippen LogP contribution is -2.33. The molecule has 2 heterocycles. The highest BCUT2D eigenvalue weighted by Crippen LogP contribution is 2.31. The summed E-state index contributed by atoms with van der Waals surface area (Å²) in [4.78, 5) is 12.0. The van der Waals surface area contributed by atoms with Gasteiger partial charge in [-0.2, -0.15) is 0 Å². The first-order valence-corrected chi connectivity index (χ1v) is 7.45. The Bertz CT molecular complexity index is 495. The van der Waals surface area contributed by atoms with Crippen molar-refractivity contribution in [3.05, 3.63) is 34.9 Å². The van der Waals surface area contributed by atoms with Crippen LogP contribution >= 0.6 is 0 Å². The first-order valence-electron chi connectivity index (χ1n) is 7.45. The molecule has 1 aromatic rings. The molecule has 4 heteroatoms. The van der Waals surface area contributed by atoms with E-state index in [2.05, 4.69) is 28.8 Å². The van der Waals surface area contributed by atoms with Crippen LogP contribution in [0.4, 0.5) is 0 Å². The van der Waals surface area contributed by atoms with E-state index in [0.29, 0.717) is 12.0 Å². The number of ether oxygens (including phenoxy) is 1. The minimum atomic E-state index is 0.0648. The Kier molecular flexibility index (Phi) is 4.03. The van der Waals surface area contributed by atoms with Crippen molar-refractivity contribution in [2.24, 2.45) is 5.92 Å². The van der Waals surface area contributed by atoms with Gasteiger partial charge >= 0.3 is 0 Å². The lowest BCUT2D eigenvalue weighted by atomic mass is 9.85. The Hall–Kier alpha value is -1.39. The highest BCUT2D eigenvalue weighted by atomic mass is 16.5. The number of benzene rings is 1. The smallest absolute Gasteiger partial charge is 0.251 e. The highest BCUT2D eigenvalue weighted by Gasteiger charge is 2.26. The van der Waals surface area contributed by atoms with Crippen LogP contribution in [0.1, 0.15) is 40.4 Å². The molecule has 0 saturated carbocycles. The van der Waals surface area contributed by atoms with Gasteiger partial charge in [-0.15, -0.1) is 0 Å². The van der Waals surface area contributed by atoms with E-state index in [1.165, 1.54) is 11.1 Å². The minimum Gasteiger partial charge on any atom is -0.381 e. The van der Waals surface area contributed by atoms with E-state index in [9.17, 15) is 4.79 Å². The van der Waals surface area contributed by atoms with Crippen LogP contribution in [0.2, 0.25) is 0 Å². The molecule has 1 fully saturated rings. The second-order valence-electron chi connectivity index (χ2n) is 5.64. The van der Waals surface area contributed by atoms with Crippen LogP contribution < -0.4 is 10.6 Å². The summed E-state index contributed by atoms with van der Waals surface area (Å²) in [5, 5.41) is 6.35. The van der Waals surface area contributed by atoms with Crippen LogP contribution in [0, 0.1) is 5.92 Å². The lowest BCUT2D eigenvalue weighted by Gasteiger charge is -2.31. The number of carbonyl (C=O) groups is 1. The molecule has 0 bridgehead atoms. The summed E-state index contributed by atoms with van der Waals surface area (Å²) in [6, 6.07) is 6.67. The molecule has 1 aromatic carbocycles. The molecule has 2 aliphatic rings. The van der Waals surface area contributed by atoms with Crippen LogP contribution in [0.3, 0.4) is 0 Å². The van der Waals surface area contributed by atoms with Gasteiger partial charge in [-0.1, -0.05) is 12.1 Å². The van der Waals surface area contributed by atoms with Crippen molar-refractivity contribution in [3.8, 4) is 0 Å². The maximum Gasteiger partial charge on any atom is 0.251 e. The fraction of sp³-hybridized carbons (Fsp3) is 0.562. The van der Waals surface area contributed by atoms with E-state index >= 15 is 0 Å². The molecule has 108 valence electrons. The molecule has 1 atom stereocenters. The molecule has 0 aliphatic carbocycles. The van der Waals surface area contributed by atoms with Crippen molar-refractivity contribution in [3.63, 3.8) is 0 Å².